The van der Waals surface area contributed by atoms with Crippen LogP contribution in [0, 0.1) is 0 Å². The number of fused-ring (bicyclic) bond motifs is 1. The Bertz CT molecular complexity index is 604. The molecule has 0 saturated heterocycles. The molecule has 2 aromatic rings. The summed E-state index contributed by atoms with van der Waals surface area (Å²) in [5, 5.41) is 0. The van der Waals surface area contributed by atoms with Crippen molar-refractivity contribution in [3.05, 3.63) is 48.0 Å². The predicted octanol–water partition coefficient (Wildman–Crippen LogP) is 2.44. The van der Waals surface area contributed by atoms with Gasteiger partial charge in [-0.05, 0) is 37.7 Å². The van der Waals surface area contributed by atoms with Crippen LogP contribution in [-0.4, -0.2) is 35.1 Å². The number of nitrogens with zero attached hydrogens (tertiary/aromatic N) is 3. The van der Waals surface area contributed by atoms with Crippen LogP contribution in [0.2, 0.25) is 0 Å². The first kappa shape index (κ1) is 13.8. The molecule has 5 heteroatoms. The maximum Gasteiger partial charge on any atom is 0.161 e. The average molecular weight is 285 g/mol. The Balaban J connectivity index is 1.71. The van der Waals surface area contributed by atoms with E-state index in [-0.39, 0.29) is 6.04 Å². The number of hydrogen-bond donors (Lipinski definition) is 0. The Labute approximate surface area is 124 Å². The van der Waals surface area contributed by atoms with Gasteiger partial charge in [0.2, 0.25) is 0 Å². The summed E-state index contributed by atoms with van der Waals surface area (Å²) in [5.74, 6) is 1.67. The fourth-order valence-electron chi connectivity index (χ4n) is 2.38. The molecular formula is C16H19N3O2. The number of hydrogen-bond acceptors (Lipinski definition) is 5. The summed E-state index contributed by atoms with van der Waals surface area (Å²) in [6.45, 7) is 4.20. The Kier molecular flexibility index (Phi) is 4.01. The molecule has 21 heavy (non-hydrogen) atoms. The molecule has 1 aliphatic heterocycles. The summed E-state index contributed by atoms with van der Waals surface area (Å²) < 4.78 is 11.2. The van der Waals surface area contributed by atoms with Crippen molar-refractivity contribution in [2.45, 2.75) is 19.5 Å². The highest BCUT2D eigenvalue weighted by Gasteiger charge is 2.16. The van der Waals surface area contributed by atoms with Gasteiger partial charge in [0.25, 0.3) is 0 Å². The lowest BCUT2D eigenvalue weighted by molar-refractivity contribution is 0.171. The molecule has 0 unspecified atom stereocenters. The van der Waals surface area contributed by atoms with Crippen LogP contribution < -0.4 is 9.47 Å². The largest absolute Gasteiger partial charge is 0.486 e. The van der Waals surface area contributed by atoms with E-state index in [1.165, 1.54) is 5.56 Å². The highest BCUT2D eigenvalue weighted by atomic mass is 16.6. The molecule has 1 aromatic carbocycles. The maximum atomic E-state index is 5.63. The lowest BCUT2D eigenvalue weighted by Gasteiger charge is -2.25. The Morgan fingerprint density at radius 2 is 2.00 bits per heavy atom. The third-order valence-electron chi connectivity index (χ3n) is 3.73. The molecule has 0 bridgehead atoms. The van der Waals surface area contributed by atoms with E-state index in [0.29, 0.717) is 13.2 Å². The van der Waals surface area contributed by atoms with Gasteiger partial charge in [-0.15, -0.1) is 0 Å². The normalized spacial score (nSPS) is 15.0. The standard InChI is InChI=1S/C16H19N3O2/c1-12(14-5-6-17-11-18-14)19(2)10-13-3-4-15-16(9-13)21-8-7-20-15/h3-6,9,11-12H,7-8,10H2,1-2H3/t12-/m0/s1. The molecule has 0 N–H and O–H groups in total. The van der Waals surface area contributed by atoms with Gasteiger partial charge >= 0.3 is 0 Å². The molecule has 0 radical (unpaired) electrons. The van der Waals surface area contributed by atoms with Gasteiger partial charge in [-0.25, -0.2) is 9.97 Å². The van der Waals surface area contributed by atoms with E-state index in [2.05, 4.69) is 41.0 Å². The van der Waals surface area contributed by atoms with Crippen molar-refractivity contribution in [1.82, 2.24) is 14.9 Å². The Hall–Kier alpha value is -2.14. The molecule has 0 saturated carbocycles. The van der Waals surface area contributed by atoms with Crippen molar-refractivity contribution < 1.29 is 9.47 Å². The summed E-state index contributed by atoms with van der Waals surface area (Å²) in [5.41, 5.74) is 2.22. The maximum absolute atomic E-state index is 5.63. The van der Waals surface area contributed by atoms with E-state index < -0.39 is 0 Å². The first-order chi connectivity index (χ1) is 10.2. The van der Waals surface area contributed by atoms with Crippen molar-refractivity contribution in [2.75, 3.05) is 20.3 Å². The van der Waals surface area contributed by atoms with E-state index >= 15 is 0 Å². The van der Waals surface area contributed by atoms with Crippen LogP contribution in [-0.2, 0) is 6.54 Å². The van der Waals surface area contributed by atoms with Crippen molar-refractivity contribution in [1.29, 1.82) is 0 Å². The smallest absolute Gasteiger partial charge is 0.161 e. The van der Waals surface area contributed by atoms with Crippen LogP contribution in [0.25, 0.3) is 0 Å². The molecule has 110 valence electrons. The van der Waals surface area contributed by atoms with Crippen LogP contribution in [0.15, 0.2) is 36.8 Å². The highest BCUT2D eigenvalue weighted by Crippen LogP contribution is 2.31. The van der Waals surface area contributed by atoms with Crippen LogP contribution in [0.4, 0.5) is 0 Å². The number of benzene rings is 1. The third kappa shape index (κ3) is 3.13. The van der Waals surface area contributed by atoms with Gasteiger partial charge in [0.1, 0.15) is 19.5 Å². The molecule has 0 spiro atoms. The molecule has 5 nitrogen and oxygen atoms in total. The number of ether oxygens (including phenoxy) is 2. The molecule has 1 aliphatic rings. The van der Waals surface area contributed by atoms with Gasteiger partial charge in [0, 0.05) is 18.8 Å². The minimum Gasteiger partial charge on any atom is -0.486 e. The number of aromatic nitrogens is 2. The molecule has 1 atom stereocenters. The van der Waals surface area contributed by atoms with E-state index in [1.54, 1.807) is 12.5 Å². The van der Waals surface area contributed by atoms with Gasteiger partial charge in [-0.3, -0.25) is 4.90 Å². The van der Waals surface area contributed by atoms with Gasteiger partial charge in [0.05, 0.1) is 5.69 Å². The molecular weight excluding hydrogens is 266 g/mol. The van der Waals surface area contributed by atoms with Crippen LogP contribution >= 0.6 is 0 Å². The van der Waals surface area contributed by atoms with Gasteiger partial charge in [0.15, 0.2) is 11.5 Å². The fraction of sp³-hybridized carbons (Fsp3) is 0.375. The van der Waals surface area contributed by atoms with Gasteiger partial charge in [-0.1, -0.05) is 6.07 Å². The second-order valence-corrected chi connectivity index (χ2v) is 5.20. The van der Waals surface area contributed by atoms with E-state index in [0.717, 1.165) is 23.7 Å². The molecule has 1 aromatic heterocycles. The van der Waals surface area contributed by atoms with E-state index in [1.807, 2.05) is 12.1 Å². The molecule has 0 amide bonds. The summed E-state index contributed by atoms with van der Waals surface area (Å²) >= 11 is 0. The first-order valence-electron chi connectivity index (χ1n) is 7.09. The minimum atomic E-state index is 0.223. The lowest BCUT2D eigenvalue weighted by atomic mass is 10.1. The average Bonchev–Trinajstić information content (AvgIpc) is 2.55. The van der Waals surface area contributed by atoms with E-state index in [4.69, 9.17) is 9.47 Å². The summed E-state index contributed by atoms with van der Waals surface area (Å²) in [6, 6.07) is 8.29. The molecule has 0 aliphatic carbocycles. The third-order valence-corrected chi connectivity index (χ3v) is 3.73. The quantitative estimate of drug-likeness (QED) is 0.863. The molecule has 3 rings (SSSR count). The SMILES string of the molecule is C[C@@H](c1ccncn1)N(C)Cc1ccc2c(c1)OCCO2. The monoisotopic (exact) mass is 285 g/mol. The zero-order valence-electron chi connectivity index (χ0n) is 12.3. The van der Waals surface area contributed by atoms with Gasteiger partial charge in [-0.2, -0.15) is 0 Å². The summed E-state index contributed by atoms with van der Waals surface area (Å²) in [4.78, 5) is 10.5. The van der Waals surface area contributed by atoms with E-state index in [9.17, 15) is 0 Å². The van der Waals surface area contributed by atoms with Crippen molar-refractivity contribution in [3.63, 3.8) is 0 Å². The first-order valence-corrected chi connectivity index (χ1v) is 7.09. The second-order valence-electron chi connectivity index (χ2n) is 5.20. The van der Waals surface area contributed by atoms with Crippen molar-refractivity contribution >= 4 is 0 Å². The summed E-state index contributed by atoms with van der Waals surface area (Å²) in [7, 11) is 2.09. The van der Waals surface area contributed by atoms with Crippen LogP contribution in [0.5, 0.6) is 11.5 Å². The lowest BCUT2D eigenvalue weighted by Crippen LogP contribution is -2.23. The Morgan fingerprint density at radius 3 is 2.76 bits per heavy atom. The van der Waals surface area contributed by atoms with Crippen LogP contribution in [0.3, 0.4) is 0 Å². The van der Waals surface area contributed by atoms with Crippen LogP contribution in [0.1, 0.15) is 24.2 Å². The number of rotatable bonds is 4. The predicted molar refractivity (Wildman–Crippen MR) is 79.3 cm³/mol. The zero-order valence-corrected chi connectivity index (χ0v) is 12.3. The summed E-state index contributed by atoms with van der Waals surface area (Å²) in [6.07, 6.45) is 3.36. The Morgan fingerprint density at radius 1 is 1.19 bits per heavy atom. The zero-order chi connectivity index (χ0) is 14.7. The fourth-order valence-corrected chi connectivity index (χ4v) is 2.38. The topological polar surface area (TPSA) is 47.5 Å². The minimum absolute atomic E-state index is 0.223. The highest BCUT2D eigenvalue weighted by molar-refractivity contribution is 5.43. The molecule has 2 heterocycles. The van der Waals surface area contributed by atoms with Gasteiger partial charge < -0.3 is 9.47 Å². The molecule has 0 fully saturated rings. The second kappa shape index (κ2) is 6.10. The van der Waals surface area contributed by atoms with Crippen molar-refractivity contribution in [3.8, 4) is 11.5 Å². The van der Waals surface area contributed by atoms with Crippen molar-refractivity contribution in [2.24, 2.45) is 0 Å².